The van der Waals surface area contributed by atoms with Crippen LogP contribution >= 0.6 is 0 Å². The Bertz CT molecular complexity index is 535. The van der Waals surface area contributed by atoms with Gasteiger partial charge in [0.05, 0.1) is 5.56 Å². The summed E-state index contributed by atoms with van der Waals surface area (Å²) < 4.78 is 4.79. The molecular weight excluding hydrogens is 256 g/mol. The monoisotopic (exact) mass is 272 g/mol. The number of ether oxygens (including phenoxy) is 1. The maximum atomic E-state index is 10.4. The number of hydrogen-bond donors (Lipinski definition) is 1. The zero-order valence-corrected chi connectivity index (χ0v) is 11.2. The van der Waals surface area contributed by atoms with Gasteiger partial charge >= 0.3 is 11.9 Å². The lowest BCUT2D eigenvalue weighted by Crippen LogP contribution is -1.97. The summed E-state index contributed by atoms with van der Waals surface area (Å²) in [5, 5.41) is 8.38. The van der Waals surface area contributed by atoms with Crippen LogP contribution in [0.2, 0.25) is 0 Å². The quantitative estimate of drug-likeness (QED) is 0.872. The van der Waals surface area contributed by atoms with Gasteiger partial charge in [0.15, 0.2) is 0 Å². The fraction of sp³-hybridized carbons (Fsp3) is 0.125. The first-order valence-electron chi connectivity index (χ1n) is 6.05. The second-order valence-corrected chi connectivity index (χ2v) is 3.94. The van der Waals surface area contributed by atoms with Crippen LogP contribution < -0.4 is 0 Å². The van der Waals surface area contributed by atoms with Gasteiger partial charge in [-0.2, -0.15) is 0 Å². The molecule has 0 aliphatic rings. The molecule has 0 saturated heterocycles. The molecule has 0 amide bonds. The summed E-state index contributed by atoms with van der Waals surface area (Å²) in [6.07, 6.45) is 0. The van der Waals surface area contributed by atoms with Crippen molar-refractivity contribution in [2.45, 2.75) is 13.5 Å². The molecule has 0 saturated carbocycles. The van der Waals surface area contributed by atoms with Gasteiger partial charge in [-0.25, -0.2) is 4.79 Å². The Labute approximate surface area is 117 Å². The summed E-state index contributed by atoms with van der Waals surface area (Å²) in [4.78, 5) is 20.6. The second kappa shape index (κ2) is 8.48. The average Bonchev–Trinajstić information content (AvgIpc) is 2.48. The minimum atomic E-state index is -0.879. The molecule has 1 N–H and O–H groups in total. The highest BCUT2D eigenvalue weighted by atomic mass is 16.5. The molecule has 4 heteroatoms. The van der Waals surface area contributed by atoms with Gasteiger partial charge < -0.3 is 9.84 Å². The smallest absolute Gasteiger partial charge is 0.335 e. The van der Waals surface area contributed by atoms with Crippen LogP contribution in [0.1, 0.15) is 22.8 Å². The lowest BCUT2D eigenvalue weighted by molar-refractivity contribution is -0.142. The number of rotatable bonds is 3. The van der Waals surface area contributed by atoms with Crippen molar-refractivity contribution in [1.29, 1.82) is 0 Å². The van der Waals surface area contributed by atoms with Crippen LogP contribution in [0.5, 0.6) is 0 Å². The minimum absolute atomic E-state index is 0.242. The molecule has 0 heterocycles. The Hall–Kier alpha value is -2.62. The minimum Gasteiger partial charge on any atom is -0.478 e. The Morgan fingerprint density at radius 3 is 1.85 bits per heavy atom. The molecule has 4 nitrogen and oxygen atoms in total. The fourth-order valence-corrected chi connectivity index (χ4v) is 1.34. The van der Waals surface area contributed by atoms with Gasteiger partial charge in [0, 0.05) is 6.92 Å². The van der Waals surface area contributed by atoms with Crippen molar-refractivity contribution in [3.8, 4) is 0 Å². The first-order valence-corrected chi connectivity index (χ1v) is 6.05. The maximum Gasteiger partial charge on any atom is 0.335 e. The highest BCUT2D eigenvalue weighted by Crippen LogP contribution is 1.99. The fourth-order valence-electron chi connectivity index (χ4n) is 1.34. The standard InChI is InChI=1S/C9H10O2.C7H6O2/c1-8(10)11-7-9-5-3-2-4-6-9;8-7(9)6-4-2-1-3-5-6/h2-6H,7H2,1H3;1-5H,(H,8,9). The van der Waals surface area contributed by atoms with E-state index in [4.69, 9.17) is 9.84 Å². The summed E-state index contributed by atoms with van der Waals surface area (Å²) in [7, 11) is 0. The van der Waals surface area contributed by atoms with E-state index in [0.717, 1.165) is 5.56 Å². The third kappa shape index (κ3) is 6.35. The van der Waals surface area contributed by atoms with E-state index in [9.17, 15) is 9.59 Å². The van der Waals surface area contributed by atoms with Crippen molar-refractivity contribution in [1.82, 2.24) is 0 Å². The molecule has 0 spiro atoms. The van der Waals surface area contributed by atoms with Crippen LogP contribution in [0.15, 0.2) is 60.7 Å². The molecule has 2 aromatic carbocycles. The number of hydrogen-bond acceptors (Lipinski definition) is 3. The van der Waals surface area contributed by atoms with Crippen LogP contribution in [0, 0.1) is 0 Å². The predicted octanol–water partition coefficient (Wildman–Crippen LogP) is 3.13. The van der Waals surface area contributed by atoms with Crippen molar-refractivity contribution in [2.24, 2.45) is 0 Å². The van der Waals surface area contributed by atoms with Gasteiger partial charge in [0.1, 0.15) is 6.61 Å². The molecule has 0 unspecified atom stereocenters. The summed E-state index contributed by atoms with van der Waals surface area (Å²) in [6, 6.07) is 17.9. The van der Waals surface area contributed by atoms with Crippen LogP contribution in [-0.4, -0.2) is 17.0 Å². The molecule has 0 fully saturated rings. The summed E-state index contributed by atoms with van der Waals surface area (Å²) in [5.41, 5.74) is 1.35. The first kappa shape index (κ1) is 15.4. The number of esters is 1. The Balaban J connectivity index is 0.000000204. The number of carboxylic acid groups (broad SMARTS) is 1. The normalized spacial score (nSPS) is 9.05. The van der Waals surface area contributed by atoms with Gasteiger partial charge in [-0.3, -0.25) is 4.79 Å². The molecule has 0 bridgehead atoms. The van der Waals surface area contributed by atoms with E-state index in [1.807, 2.05) is 30.3 Å². The Morgan fingerprint density at radius 1 is 0.950 bits per heavy atom. The van der Waals surface area contributed by atoms with Gasteiger partial charge in [-0.1, -0.05) is 48.5 Å². The van der Waals surface area contributed by atoms with Crippen LogP contribution in [0.25, 0.3) is 0 Å². The largest absolute Gasteiger partial charge is 0.478 e. The van der Waals surface area contributed by atoms with Crippen LogP contribution in [0.4, 0.5) is 0 Å². The molecule has 0 radical (unpaired) electrons. The molecular formula is C16H16O4. The number of carboxylic acids is 1. The number of carbonyl (C=O) groups is 2. The number of benzene rings is 2. The van der Waals surface area contributed by atoms with Crippen molar-refractivity contribution in [3.05, 3.63) is 71.8 Å². The number of carbonyl (C=O) groups excluding carboxylic acids is 1. The second-order valence-electron chi connectivity index (χ2n) is 3.94. The van der Waals surface area contributed by atoms with E-state index in [1.54, 1.807) is 30.3 Å². The van der Waals surface area contributed by atoms with Crippen molar-refractivity contribution in [2.75, 3.05) is 0 Å². The van der Waals surface area contributed by atoms with Crippen molar-refractivity contribution >= 4 is 11.9 Å². The van der Waals surface area contributed by atoms with E-state index < -0.39 is 5.97 Å². The lowest BCUT2D eigenvalue weighted by atomic mass is 10.2. The highest BCUT2D eigenvalue weighted by Gasteiger charge is 1.96. The first-order chi connectivity index (χ1) is 9.59. The van der Waals surface area contributed by atoms with Crippen molar-refractivity contribution < 1.29 is 19.4 Å². The van der Waals surface area contributed by atoms with E-state index in [2.05, 4.69) is 0 Å². The molecule has 20 heavy (non-hydrogen) atoms. The zero-order valence-electron chi connectivity index (χ0n) is 11.2. The lowest BCUT2D eigenvalue weighted by Gasteiger charge is -1.99. The summed E-state index contributed by atoms with van der Waals surface area (Å²) >= 11 is 0. The van der Waals surface area contributed by atoms with E-state index in [0.29, 0.717) is 12.2 Å². The highest BCUT2D eigenvalue weighted by molar-refractivity contribution is 5.87. The topological polar surface area (TPSA) is 63.6 Å². The van der Waals surface area contributed by atoms with Crippen molar-refractivity contribution in [3.63, 3.8) is 0 Å². The Morgan fingerprint density at radius 2 is 1.45 bits per heavy atom. The maximum absolute atomic E-state index is 10.4. The average molecular weight is 272 g/mol. The molecule has 0 aromatic heterocycles. The zero-order chi connectivity index (χ0) is 14.8. The molecule has 2 rings (SSSR count). The molecule has 0 aliphatic carbocycles. The molecule has 104 valence electrons. The molecule has 0 atom stereocenters. The van der Waals surface area contributed by atoms with Crippen LogP contribution in [-0.2, 0) is 16.1 Å². The predicted molar refractivity (Wildman–Crippen MR) is 75.3 cm³/mol. The van der Waals surface area contributed by atoms with E-state index >= 15 is 0 Å². The van der Waals surface area contributed by atoms with Gasteiger partial charge in [0.2, 0.25) is 0 Å². The Kier molecular flexibility index (Phi) is 6.54. The van der Waals surface area contributed by atoms with E-state index in [-0.39, 0.29) is 5.97 Å². The summed E-state index contributed by atoms with van der Waals surface area (Å²) in [5.74, 6) is -1.12. The van der Waals surface area contributed by atoms with Gasteiger partial charge in [-0.05, 0) is 17.7 Å². The SMILES string of the molecule is CC(=O)OCc1ccccc1.O=C(O)c1ccccc1. The van der Waals surface area contributed by atoms with Gasteiger partial charge in [0.25, 0.3) is 0 Å². The number of aromatic carboxylic acids is 1. The third-order valence-electron chi connectivity index (χ3n) is 2.31. The summed E-state index contributed by atoms with van der Waals surface area (Å²) in [6.45, 7) is 1.78. The van der Waals surface area contributed by atoms with Crippen LogP contribution in [0.3, 0.4) is 0 Å². The van der Waals surface area contributed by atoms with E-state index in [1.165, 1.54) is 6.92 Å². The van der Waals surface area contributed by atoms with Gasteiger partial charge in [-0.15, -0.1) is 0 Å². The molecule has 0 aliphatic heterocycles. The molecule has 2 aromatic rings. The third-order valence-corrected chi connectivity index (χ3v) is 2.31.